The van der Waals surface area contributed by atoms with Gasteiger partial charge in [0.15, 0.2) is 17.0 Å². The zero-order valence-corrected chi connectivity index (χ0v) is 24.6. The number of nitrogens with zero attached hydrogens (tertiary/aromatic N) is 4. The van der Waals surface area contributed by atoms with Crippen molar-refractivity contribution in [3.63, 3.8) is 0 Å². The number of halogens is 1. The van der Waals surface area contributed by atoms with Crippen LogP contribution in [0, 0.1) is 17.3 Å². The van der Waals surface area contributed by atoms with Crippen molar-refractivity contribution in [3.8, 4) is 11.8 Å². The van der Waals surface area contributed by atoms with E-state index in [-0.39, 0.29) is 11.7 Å². The number of aliphatic hydroxyl groups excluding tert-OH is 2. The number of imidazole rings is 1. The lowest BCUT2D eigenvalue weighted by Gasteiger charge is -2.27. The van der Waals surface area contributed by atoms with E-state index in [4.69, 9.17) is 4.98 Å². The van der Waals surface area contributed by atoms with Gasteiger partial charge in [0.05, 0.1) is 17.8 Å². The van der Waals surface area contributed by atoms with Crippen molar-refractivity contribution in [2.75, 3.05) is 18.9 Å². The van der Waals surface area contributed by atoms with Gasteiger partial charge in [0.25, 0.3) is 0 Å². The van der Waals surface area contributed by atoms with Gasteiger partial charge in [-0.25, -0.2) is 15.0 Å². The summed E-state index contributed by atoms with van der Waals surface area (Å²) in [5.74, 6) is 6.64. The van der Waals surface area contributed by atoms with Gasteiger partial charge in [-0.3, -0.25) is 4.79 Å². The van der Waals surface area contributed by atoms with Crippen LogP contribution in [-0.4, -0.2) is 61.4 Å². The largest absolute Gasteiger partial charge is 0.389 e. The van der Waals surface area contributed by atoms with Crippen molar-refractivity contribution in [1.29, 1.82) is 0 Å². The Bertz CT molecular complexity index is 1680. The van der Waals surface area contributed by atoms with Crippen LogP contribution in [0.25, 0.3) is 11.2 Å². The number of fused-ring (bicyclic) bond motifs is 1. The summed E-state index contributed by atoms with van der Waals surface area (Å²) in [5, 5.41) is 28.1. The Morgan fingerprint density at radius 1 is 1.17 bits per heavy atom. The molecule has 210 valence electrons. The second-order valence-electron chi connectivity index (χ2n) is 10.4. The first-order chi connectivity index (χ1) is 19.6. The van der Waals surface area contributed by atoms with E-state index >= 15 is 0 Å². The molecule has 1 saturated carbocycles. The molecule has 1 aliphatic carbocycles. The van der Waals surface area contributed by atoms with Crippen molar-refractivity contribution < 1.29 is 15.0 Å². The van der Waals surface area contributed by atoms with Gasteiger partial charge in [-0.2, -0.15) is 0 Å². The molecule has 5 atom stereocenters. The van der Waals surface area contributed by atoms with E-state index < -0.39 is 29.6 Å². The summed E-state index contributed by atoms with van der Waals surface area (Å²) in [6.45, 7) is 8.39. The van der Waals surface area contributed by atoms with Gasteiger partial charge in [-0.15, -0.1) is 0 Å². The van der Waals surface area contributed by atoms with Crippen molar-refractivity contribution in [2.45, 2.75) is 38.0 Å². The lowest BCUT2D eigenvalue weighted by atomic mass is 9.81. The van der Waals surface area contributed by atoms with Gasteiger partial charge >= 0.3 is 0 Å². The van der Waals surface area contributed by atoms with Crippen LogP contribution >= 0.6 is 15.9 Å². The molecule has 1 fully saturated rings. The number of aliphatic hydroxyl groups is 2. The van der Waals surface area contributed by atoms with Crippen LogP contribution in [0.15, 0.2) is 77.5 Å². The number of nitrogens with one attached hydrogen (secondary N) is 2. The van der Waals surface area contributed by atoms with E-state index in [1.165, 1.54) is 18.9 Å². The van der Waals surface area contributed by atoms with Gasteiger partial charge < -0.3 is 25.4 Å². The summed E-state index contributed by atoms with van der Waals surface area (Å²) < 4.78 is 2.54. The third kappa shape index (κ3) is 5.24. The number of benzene rings is 2. The molecule has 2 heterocycles. The van der Waals surface area contributed by atoms with Gasteiger partial charge in [0, 0.05) is 23.6 Å². The van der Waals surface area contributed by atoms with Gasteiger partial charge in [-0.05, 0) is 48.1 Å². The predicted molar refractivity (Wildman–Crippen MR) is 161 cm³/mol. The summed E-state index contributed by atoms with van der Waals surface area (Å²) in [4.78, 5) is 26.7. The van der Waals surface area contributed by atoms with Crippen molar-refractivity contribution in [2.24, 2.45) is 5.41 Å². The number of hydrogen-bond acceptors (Lipinski definition) is 7. The van der Waals surface area contributed by atoms with Crippen molar-refractivity contribution >= 4 is 38.8 Å². The van der Waals surface area contributed by atoms with Crippen LogP contribution in [0.5, 0.6) is 0 Å². The van der Waals surface area contributed by atoms with Gasteiger partial charge in [0.1, 0.15) is 12.2 Å². The first-order valence-corrected chi connectivity index (χ1v) is 14.0. The molecule has 0 spiro atoms. The molecular formula is C31H31BrN6O3. The molecule has 0 radical (unpaired) electrons. The molecule has 1 amide bonds. The number of carbonyl (C=O) groups excluding carboxylic acids is 1. The topological polar surface area (TPSA) is 125 Å². The molecule has 2 aromatic carbocycles. The number of hydrogen-bond donors (Lipinski definition) is 4. The number of amides is 1. The minimum absolute atomic E-state index is 0.180. The minimum Gasteiger partial charge on any atom is -0.389 e. The van der Waals surface area contributed by atoms with Gasteiger partial charge in [0.2, 0.25) is 11.7 Å². The summed E-state index contributed by atoms with van der Waals surface area (Å²) in [6, 6.07) is 16.9. The van der Waals surface area contributed by atoms with E-state index in [9.17, 15) is 15.0 Å². The third-order valence-electron chi connectivity index (χ3n) is 7.77. The fourth-order valence-corrected chi connectivity index (χ4v) is 5.63. The molecule has 10 heteroatoms. The van der Waals surface area contributed by atoms with E-state index in [1.807, 2.05) is 42.5 Å². The fraction of sp³-hybridized carbons (Fsp3) is 0.290. The number of rotatable bonds is 6. The van der Waals surface area contributed by atoms with Crippen molar-refractivity contribution in [3.05, 3.63) is 94.5 Å². The van der Waals surface area contributed by atoms with Crippen LogP contribution in [0.2, 0.25) is 0 Å². The van der Waals surface area contributed by atoms with E-state index in [0.717, 1.165) is 10.0 Å². The van der Waals surface area contributed by atoms with Gasteiger partial charge in [-0.1, -0.05) is 71.8 Å². The number of aromatic nitrogens is 4. The molecular weight excluding hydrogens is 584 g/mol. The Labute approximate surface area is 246 Å². The summed E-state index contributed by atoms with van der Waals surface area (Å²) >= 11 is 3.47. The zero-order valence-electron chi connectivity index (χ0n) is 23.0. The predicted octanol–water partition coefficient (Wildman–Crippen LogP) is 3.79. The lowest BCUT2D eigenvalue weighted by molar-refractivity contribution is -0.134. The Kier molecular flexibility index (Phi) is 7.95. The molecule has 2 unspecified atom stereocenters. The quantitative estimate of drug-likeness (QED) is 0.192. The fourth-order valence-electron chi connectivity index (χ4n) is 5.23. The maximum atomic E-state index is 12.8. The Hall–Kier alpha value is -4.04. The lowest BCUT2D eigenvalue weighted by Crippen LogP contribution is -2.45. The van der Waals surface area contributed by atoms with Crippen LogP contribution in [0.4, 0.5) is 5.82 Å². The van der Waals surface area contributed by atoms with Crippen LogP contribution < -0.4 is 10.6 Å². The van der Waals surface area contributed by atoms with Crippen molar-refractivity contribution in [1.82, 2.24) is 24.8 Å². The summed E-state index contributed by atoms with van der Waals surface area (Å²) in [7, 11) is 1.48. The monoisotopic (exact) mass is 614 g/mol. The molecule has 41 heavy (non-hydrogen) atoms. The second-order valence-corrected chi connectivity index (χ2v) is 11.3. The van der Waals surface area contributed by atoms with Crippen LogP contribution in [-0.2, 0) is 4.79 Å². The average molecular weight is 616 g/mol. The maximum absolute atomic E-state index is 12.8. The highest BCUT2D eigenvalue weighted by atomic mass is 79.9. The Morgan fingerprint density at radius 2 is 1.93 bits per heavy atom. The molecule has 4 N–H and O–H groups in total. The Morgan fingerprint density at radius 3 is 2.63 bits per heavy atom. The van der Waals surface area contributed by atoms with Crippen LogP contribution in [0.1, 0.15) is 42.8 Å². The number of carbonyl (C=O) groups is 1. The van der Waals surface area contributed by atoms with E-state index in [0.29, 0.717) is 29.1 Å². The van der Waals surface area contributed by atoms with E-state index in [1.54, 1.807) is 11.5 Å². The molecule has 5 rings (SSSR count). The minimum atomic E-state index is -1.40. The molecule has 9 nitrogen and oxygen atoms in total. The third-order valence-corrected chi connectivity index (χ3v) is 8.26. The Balaban J connectivity index is 1.58. The normalized spacial score (nSPS) is 22.7. The molecule has 0 bridgehead atoms. The first-order valence-electron chi connectivity index (χ1n) is 13.2. The molecule has 0 aliphatic heterocycles. The van der Waals surface area contributed by atoms with Crippen LogP contribution in [0.3, 0.4) is 0 Å². The second kappa shape index (κ2) is 11.4. The molecule has 4 aromatic rings. The molecule has 2 aromatic heterocycles. The summed E-state index contributed by atoms with van der Waals surface area (Å²) in [6.07, 6.45) is -1.17. The maximum Gasteiger partial charge on any atom is 0.232 e. The highest BCUT2D eigenvalue weighted by Gasteiger charge is 2.57. The standard InChI is InChI=1S/C31H31BrN6O3/c1-18(21-10-6-5-7-11-21)16-34-28-24-29(37-23(36-28)14-13-20-9-8-12-22(32)15-20)38(17-35-24)25-19(2)31(3,30(41)33-4)27(40)26(25)39/h5-12,15,17-18,25-27,39-40H,2,16H2,1,3-4H3,(H,33,41)(H,34,36,37)/t18?,25-,26+,27+,31?/m1/s1. The highest BCUT2D eigenvalue weighted by Crippen LogP contribution is 2.49. The average Bonchev–Trinajstić information content (AvgIpc) is 3.47. The molecule has 1 aliphatic rings. The zero-order chi connectivity index (χ0) is 29.3. The first kappa shape index (κ1) is 28.5. The number of anilines is 1. The highest BCUT2D eigenvalue weighted by molar-refractivity contribution is 9.10. The smallest absolute Gasteiger partial charge is 0.232 e. The van der Waals surface area contributed by atoms with E-state index in [2.05, 4.69) is 74.0 Å². The summed E-state index contributed by atoms with van der Waals surface area (Å²) in [5.41, 5.74) is 1.78. The molecule has 0 saturated heterocycles. The SMILES string of the molecule is C=C1[C@@H](n2cnc3c(NCC(C)c4ccccc4)nc(C#Cc4cccc(Br)c4)nc32)[C@H](O)[C@H](O)C1(C)C(=O)NC.